The number of carbonyl (C=O) groups excluding carboxylic acids is 2. The molecule has 6 nitrogen and oxygen atoms in total. The molecule has 0 aliphatic heterocycles. The highest BCUT2D eigenvalue weighted by atomic mass is 16.3. The van der Waals surface area contributed by atoms with Crippen LogP contribution in [0.15, 0.2) is 42.5 Å². The van der Waals surface area contributed by atoms with E-state index < -0.39 is 29.4 Å². The molecule has 145 valence electrons. The lowest BCUT2D eigenvalue weighted by atomic mass is 9.88. The molecule has 0 aliphatic carbocycles. The predicted octanol–water partition coefficient (Wildman–Crippen LogP) is 1.46. The summed E-state index contributed by atoms with van der Waals surface area (Å²) in [4.78, 5) is 22.9. The summed E-state index contributed by atoms with van der Waals surface area (Å²) in [6.07, 6.45) is 1.77. The maximum atomic E-state index is 11.7. The van der Waals surface area contributed by atoms with Crippen LogP contribution in [0.1, 0.15) is 31.7 Å². The standard InChI is InChI=1S/C21H27N2O4/c1-21(27,20(23)26)12-11-16(19(22)25)13-17(24)10-9-15-7-4-6-14-5-2-3-8-18(14)15/h2-8,10,16-17,24,27H,9,11-13H2,1H3,(H2,22,25)(H2,23,26)/t16-,17+,21?/m1/s1. The molecule has 6 N–H and O–H groups in total. The van der Waals surface area contributed by atoms with Gasteiger partial charge in [0, 0.05) is 5.92 Å². The molecule has 2 aromatic carbocycles. The number of primary amides is 2. The molecule has 1 radical (unpaired) electrons. The third-order valence-electron chi connectivity index (χ3n) is 4.93. The Morgan fingerprint density at radius 3 is 2.48 bits per heavy atom. The predicted molar refractivity (Wildman–Crippen MR) is 104 cm³/mol. The second kappa shape index (κ2) is 8.97. The van der Waals surface area contributed by atoms with E-state index >= 15 is 0 Å². The fourth-order valence-electron chi connectivity index (χ4n) is 3.08. The maximum Gasteiger partial charge on any atom is 0.249 e. The van der Waals surface area contributed by atoms with Gasteiger partial charge in [-0.25, -0.2) is 0 Å². The zero-order chi connectivity index (χ0) is 20.0. The summed E-state index contributed by atoms with van der Waals surface area (Å²) in [5.74, 6) is -2.09. The first-order valence-corrected chi connectivity index (χ1v) is 9.00. The van der Waals surface area contributed by atoms with E-state index in [1.54, 1.807) is 6.42 Å². The maximum absolute atomic E-state index is 11.7. The Morgan fingerprint density at radius 1 is 1.15 bits per heavy atom. The van der Waals surface area contributed by atoms with Crippen LogP contribution >= 0.6 is 0 Å². The average molecular weight is 371 g/mol. The quantitative estimate of drug-likeness (QED) is 0.504. The smallest absolute Gasteiger partial charge is 0.249 e. The fourth-order valence-corrected chi connectivity index (χ4v) is 3.08. The van der Waals surface area contributed by atoms with Crippen molar-refractivity contribution < 1.29 is 19.8 Å². The molecule has 2 amide bonds. The van der Waals surface area contributed by atoms with Crippen molar-refractivity contribution in [1.29, 1.82) is 0 Å². The molecule has 6 heteroatoms. The number of carbonyl (C=O) groups is 2. The van der Waals surface area contributed by atoms with E-state index in [0.717, 1.165) is 16.3 Å². The highest BCUT2D eigenvalue weighted by Crippen LogP contribution is 2.23. The second-order valence-corrected chi connectivity index (χ2v) is 7.16. The Balaban J connectivity index is 1.94. The van der Waals surface area contributed by atoms with Crippen LogP contribution in [0.4, 0.5) is 0 Å². The van der Waals surface area contributed by atoms with Crippen molar-refractivity contribution in [2.75, 3.05) is 0 Å². The van der Waals surface area contributed by atoms with Gasteiger partial charge in [0.15, 0.2) is 0 Å². The summed E-state index contributed by atoms with van der Waals surface area (Å²) in [7, 11) is 0. The third kappa shape index (κ3) is 5.77. The van der Waals surface area contributed by atoms with E-state index in [2.05, 4.69) is 0 Å². The lowest BCUT2D eigenvalue weighted by Crippen LogP contribution is -2.42. The molecular formula is C21H27N2O4. The van der Waals surface area contributed by atoms with Crippen LogP contribution in [0.3, 0.4) is 0 Å². The highest BCUT2D eigenvalue weighted by Gasteiger charge is 2.30. The average Bonchev–Trinajstić information content (AvgIpc) is 2.63. The van der Waals surface area contributed by atoms with Crippen LogP contribution in [0.25, 0.3) is 10.8 Å². The Kier molecular flexibility index (Phi) is 6.93. The van der Waals surface area contributed by atoms with Gasteiger partial charge < -0.3 is 21.7 Å². The van der Waals surface area contributed by atoms with E-state index in [0.29, 0.717) is 6.42 Å². The molecule has 2 rings (SSSR count). The van der Waals surface area contributed by atoms with Crippen molar-refractivity contribution in [3.05, 3.63) is 54.4 Å². The second-order valence-electron chi connectivity index (χ2n) is 7.16. The van der Waals surface area contributed by atoms with Crippen LogP contribution in [-0.2, 0) is 16.0 Å². The molecular weight excluding hydrogens is 344 g/mol. The van der Waals surface area contributed by atoms with Crippen LogP contribution in [0.5, 0.6) is 0 Å². The van der Waals surface area contributed by atoms with Gasteiger partial charge in [0.2, 0.25) is 11.8 Å². The van der Waals surface area contributed by atoms with E-state index in [-0.39, 0.29) is 19.3 Å². The molecule has 2 aromatic rings. The number of hydrogen-bond acceptors (Lipinski definition) is 4. The molecule has 1 unspecified atom stereocenters. The first-order valence-electron chi connectivity index (χ1n) is 9.00. The molecule has 0 fully saturated rings. The van der Waals surface area contributed by atoms with Crippen LogP contribution in [-0.4, -0.2) is 33.7 Å². The number of nitrogens with two attached hydrogens (primary N) is 2. The van der Waals surface area contributed by atoms with E-state index in [1.807, 2.05) is 42.5 Å². The van der Waals surface area contributed by atoms with Gasteiger partial charge >= 0.3 is 0 Å². The lowest BCUT2D eigenvalue weighted by Gasteiger charge is -2.23. The van der Waals surface area contributed by atoms with Gasteiger partial charge in [0.1, 0.15) is 5.60 Å². The Morgan fingerprint density at radius 2 is 1.81 bits per heavy atom. The number of fused-ring (bicyclic) bond motifs is 1. The van der Waals surface area contributed by atoms with Gasteiger partial charge in [-0.05, 0) is 55.4 Å². The molecule has 0 heterocycles. The zero-order valence-corrected chi connectivity index (χ0v) is 15.5. The molecule has 0 bridgehead atoms. The van der Waals surface area contributed by atoms with Gasteiger partial charge in [-0.15, -0.1) is 0 Å². The third-order valence-corrected chi connectivity index (χ3v) is 4.93. The lowest BCUT2D eigenvalue weighted by molar-refractivity contribution is -0.136. The van der Waals surface area contributed by atoms with E-state index in [4.69, 9.17) is 11.5 Å². The Bertz CT molecular complexity index is 798. The van der Waals surface area contributed by atoms with Gasteiger partial charge in [-0.1, -0.05) is 42.5 Å². The molecule has 0 spiro atoms. The monoisotopic (exact) mass is 371 g/mol. The van der Waals surface area contributed by atoms with Gasteiger partial charge in [-0.2, -0.15) is 0 Å². The highest BCUT2D eigenvalue weighted by molar-refractivity contribution is 5.85. The van der Waals surface area contributed by atoms with Crippen molar-refractivity contribution in [3.63, 3.8) is 0 Å². The van der Waals surface area contributed by atoms with Crippen molar-refractivity contribution >= 4 is 22.6 Å². The van der Waals surface area contributed by atoms with E-state index in [9.17, 15) is 19.8 Å². The molecule has 0 aromatic heterocycles. The van der Waals surface area contributed by atoms with Gasteiger partial charge in [0.05, 0.1) is 6.10 Å². The Labute approximate surface area is 159 Å². The van der Waals surface area contributed by atoms with Crippen LogP contribution in [0, 0.1) is 12.3 Å². The minimum absolute atomic E-state index is 0.00594. The van der Waals surface area contributed by atoms with Gasteiger partial charge in [-0.3, -0.25) is 9.59 Å². The fraction of sp³-hybridized carbons (Fsp3) is 0.381. The number of amides is 2. The zero-order valence-electron chi connectivity index (χ0n) is 15.5. The summed E-state index contributed by atoms with van der Waals surface area (Å²) in [5.41, 5.74) is 9.92. The Hall–Kier alpha value is -2.44. The summed E-state index contributed by atoms with van der Waals surface area (Å²) >= 11 is 0. The van der Waals surface area contributed by atoms with Crippen LogP contribution < -0.4 is 11.5 Å². The summed E-state index contributed by atoms with van der Waals surface area (Å²) < 4.78 is 0. The molecule has 27 heavy (non-hydrogen) atoms. The normalized spacial score (nSPS) is 15.8. The van der Waals surface area contributed by atoms with E-state index in [1.165, 1.54) is 6.92 Å². The largest absolute Gasteiger partial charge is 0.393 e. The number of rotatable bonds is 10. The topological polar surface area (TPSA) is 127 Å². The number of aliphatic hydroxyl groups is 2. The minimum atomic E-state index is -1.70. The number of benzene rings is 2. The first kappa shape index (κ1) is 20.9. The van der Waals surface area contributed by atoms with Crippen molar-refractivity contribution in [3.8, 4) is 0 Å². The summed E-state index contributed by atoms with van der Waals surface area (Å²) in [6.45, 7) is 1.30. The summed E-state index contributed by atoms with van der Waals surface area (Å²) in [5, 5.41) is 22.5. The number of hydrogen-bond donors (Lipinski definition) is 4. The first-order chi connectivity index (χ1) is 12.7. The molecule has 0 saturated heterocycles. The van der Waals surface area contributed by atoms with Crippen molar-refractivity contribution in [2.24, 2.45) is 17.4 Å². The molecule has 3 atom stereocenters. The number of aliphatic hydroxyl groups excluding tert-OH is 1. The van der Waals surface area contributed by atoms with Crippen molar-refractivity contribution in [2.45, 2.75) is 44.3 Å². The van der Waals surface area contributed by atoms with Gasteiger partial charge in [0.25, 0.3) is 0 Å². The van der Waals surface area contributed by atoms with Crippen molar-refractivity contribution in [1.82, 2.24) is 0 Å². The SMILES string of the molecule is CC(O)(CC[C@H](C[C@@H](O)[CH]Cc1cccc2ccccc12)C(N)=O)C(N)=O. The van der Waals surface area contributed by atoms with Crippen LogP contribution in [0.2, 0.25) is 0 Å². The minimum Gasteiger partial charge on any atom is -0.393 e. The molecule has 0 aliphatic rings. The molecule has 0 saturated carbocycles. The summed E-state index contributed by atoms with van der Waals surface area (Å²) in [6, 6.07) is 14.0.